The van der Waals surface area contributed by atoms with Crippen LogP contribution in [-0.4, -0.2) is 34.0 Å². The first-order valence-corrected chi connectivity index (χ1v) is 10.1. The summed E-state index contributed by atoms with van der Waals surface area (Å²) in [7, 11) is 0. The normalized spacial score (nSPS) is 13.8. The first-order valence-electron chi connectivity index (χ1n) is 10.1. The van der Waals surface area contributed by atoms with Gasteiger partial charge >= 0.3 is 5.97 Å². The smallest absolute Gasteiger partial charge is 0.303 e. The Morgan fingerprint density at radius 3 is 1.72 bits per heavy atom. The molecule has 0 heterocycles. The van der Waals surface area contributed by atoms with E-state index in [4.69, 9.17) is 10.2 Å². The molecule has 25 heavy (non-hydrogen) atoms. The molecule has 0 aromatic carbocycles. The van der Waals surface area contributed by atoms with E-state index in [2.05, 4.69) is 13.8 Å². The van der Waals surface area contributed by atoms with Crippen LogP contribution in [0, 0.1) is 10.8 Å². The van der Waals surface area contributed by atoms with Crippen molar-refractivity contribution in [2.24, 2.45) is 10.8 Å². The Labute approximate surface area is 155 Å². The third-order valence-corrected chi connectivity index (χ3v) is 5.20. The Hall–Kier alpha value is -0.610. The molecular weight excluding hydrogens is 316 g/mol. The third kappa shape index (κ3) is 15.4. The first-order chi connectivity index (χ1) is 11.6. The van der Waals surface area contributed by atoms with E-state index >= 15 is 0 Å². The minimum atomic E-state index is -0.722. The predicted octanol–water partition coefficient (Wildman–Crippen LogP) is 5.16. The van der Waals surface area contributed by atoms with Crippen molar-refractivity contribution >= 4 is 5.97 Å². The second kappa shape index (κ2) is 12.7. The molecule has 150 valence electrons. The summed E-state index contributed by atoms with van der Waals surface area (Å²) in [5.41, 5.74) is 0.0933. The van der Waals surface area contributed by atoms with Gasteiger partial charge in [0.05, 0.1) is 12.5 Å². The van der Waals surface area contributed by atoms with E-state index < -0.39 is 5.97 Å². The van der Waals surface area contributed by atoms with Gasteiger partial charge in [-0.25, -0.2) is 0 Å². The van der Waals surface area contributed by atoms with Crippen molar-refractivity contribution in [3.8, 4) is 0 Å². The molecule has 0 rings (SSSR count). The van der Waals surface area contributed by atoms with Crippen molar-refractivity contribution in [2.75, 3.05) is 6.61 Å². The second-order valence-electron chi connectivity index (χ2n) is 9.23. The highest BCUT2D eigenvalue weighted by Crippen LogP contribution is 2.29. The molecule has 1 unspecified atom stereocenters. The van der Waals surface area contributed by atoms with Crippen molar-refractivity contribution in [3.63, 3.8) is 0 Å². The molecule has 0 aliphatic heterocycles. The molecule has 0 aromatic heterocycles. The van der Waals surface area contributed by atoms with E-state index in [0.717, 1.165) is 64.2 Å². The lowest BCUT2D eigenvalue weighted by atomic mass is 9.83. The van der Waals surface area contributed by atoms with E-state index in [0.29, 0.717) is 0 Å². The average molecular weight is 359 g/mol. The molecule has 0 aliphatic carbocycles. The molecule has 0 saturated heterocycles. The number of aliphatic carboxylic acids is 1. The number of rotatable bonds is 16. The van der Waals surface area contributed by atoms with E-state index in [9.17, 15) is 9.90 Å². The fourth-order valence-corrected chi connectivity index (χ4v) is 3.39. The largest absolute Gasteiger partial charge is 0.481 e. The van der Waals surface area contributed by atoms with Crippen molar-refractivity contribution in [2.45, 2.75) is 111 Å². The molecule has 0 radical (unpaired) electrons. The molecule has 0 spiro atoms. The molecule has 0 saturated carbocycles. The van der Waals surface area contributed by atoms with E-state index in [1.807, 2.05) is 13.8 Å². The van der Waals surface area contributed by atoms with Crippen LogP contribution in [0.15, 0.2) is 0 Å². The van der Waals surface area contributed by atoms with Gasteiger partial charge < -0.3 is 15.3 Å². The Morgan fingerprint density at radius 2 is 1.28 bits per heavy atom. The summed E-state index contributed by atoms with van der Waals surface area (Å²) in [4.78, 5) is 10.8. The molecule has 0 aromatic rings. The number of carboxylic acid groups (broad SMARTS) is 1. The Bertz CT molecular complexity index is 350. The van der Waals surface area contributed by atoms with Crippen molar-refractivity contribution in [3.05, 3.63) is 0 Å². The second-order valence-corrected chi connectivity index (χ2v) is 9.23. The van der Waals surface area contributed by atoms with Crippen LogP contribution in [0.4, 0.5) is 0 Å². The van der Waals surface area contributed by atoms with Crippen LogP contribution >= 0.6 is 0 Å². The minimum Gasteiger partial charge on any atom is -0.481 e. The van der Waals surface area contributed by atoms with Gasteiger partial charge in [-0.15, -0.1) is 0 Å². The number of hydrogen-bond acceptors (Lipinski definition) is 3. The van der Waals surface area contributed by atoms with Gasteiger partial charge in [0.2, 0.25) is 0 Å². The molecular formula is C21H42O4. The number of aliphatic hydroxyl groups excluding tert-OH is 2. The van der Waals surface area contributed by atoms with Gasteiger partial charge in [0.1, 0.15) is 0 Å². The van der Waals surface area contributed by atoms with Crippen LogP contribution in [0.1, 0.15) is 105 Å². The standard InChI is InChI=1S/C21H42O4/c1-20(2,15-16-22)13-9-5-7-11-18(23)12-8-6-10-14-21(3,4)17-19(24)25/h18,22-23H,5-17H2,1-4H3,(H,24,25). The van der Waals surface area contributed by atoms with Gasteiger partial charge in [-0.3, -0.25) is 4.79 Å². The topological polar surface area (TPSA) is 77.8 Å². The number of carboxylic acids is 1. The molecule has 3 N–H and O–H groups in total. The lowest BCUT2D eigenvalue weighted by molar-refractivity contribution is -0.139. The highest BCUT2D eigenvalue weighted by atomic mass is 16.4. The summed E-state index contributed by atoms with van der Waals surface area (Å²) in [5.74, 6) is -0.722. The summed E-state index contributed by atoms with van der Waals surface area (Å²) >= 11 is 0. The molecule has 1 atom stereocenters. The molecule has 0 aliphatic rings. The number of aliphatic hydroxyl groups is 2. The number of carbonyl (C=O) groups is 1. The van der Waals surface area contributed by atoms with Gasteiger partial charge in [0.25, 0.3) is 0 Å². The van der Waals surface area contributed by atoms with Gasteiger partial charge in [0.15, 0.2) is 0 Å². The van der Waals surface area contributed by atoms with Crippen molar-refractivity contribution < 1.29 is 20.1 Å². The SMILES string of the molecule is CC(C)(CCO)CCCCCC(O)CCCCCC(C)(C)CC(=O)O. The Balaban J connectivity index is 3.59. The monoisotopic (exact) mass is 358 g/mol. The highest BCUT2D eigenvalue weighted by molar-refractivity contribution is 5.67. The van der Waals surface area contributed by atoms with Crippen LogP contribution in [0.25, 0.3) is 0 Å². The van der Waals surface area contributed by atoms with Crippen molar-refractivity contribution in [1.29, 1.82) is 0 Å². The van der Waals surface area contributed by atoms with Crippen LogP contribution < -0.4 is 0 Å². The quantitative estimate of drug-likeness (QED) is 0.333. The Kier molecular flexibility index (Phi) is 12.4. The zero-order valence-corrected chi connectivity index (χ0v) is 17.0. The zero-order valence-electron chi connectivity index (χ0n) is 17.0. The van der Waals surface area contributed by atoms with Gasteiger partial charge in [-0.1, -0.05) is 66.2 Å². The summed E-state index contributed by atoms with van der Waals surface area (Å²) < 4.78 is 0. The minimum absolute atomic E-state index is 0.131. The van der Waals surface area contributed by atoms with Crippen LogP contribution in [0.3, 0.4) is 0 Å². The number of hydrogen-bond donors (Lipinski definition) is 3. The molecule has 4 nitrogen and oxygen atoms in total. The van der Waals surface area contributed by atoms with E-state index in [1.165, 1.54) is 6.42 Å². The van der Waals surface area contributed by atoms with E-state index in [1.54, 1.807) is 0 Å². The summed E-state index contributed by atoms with van der Waals surface area (Å²) in [6.07, 6.45) is 11.2. The first kappa shape index (κ1) is 24.4. The maximum atomic E-state index is 10.8. The van der Waals surface area contributed by atoms with Crippen LogP contribution in [0.2, 0.25) is 0 Å². The predicted molar refractivity (Wildman–Crippen MR) is 104 cm³/mol. The molecule has 0 bridgehead atoms. The summed E-state index contributed by atoms with van der Waals surface area (Å²) in [5, 5.41) is 28.0. The molecule has 0 fully saturated rings. The fourth-order valence-electron chi connectivity index (χ4n) is 3.39. The maximum Gasteiger partial charge on any atom is 0.303 e. The van der Waals surface area contributed by atoms with E-state index in [-0.39, 0.29) is 30.0 Å². The molecule has 0 amide bonds. The highest BCUT2D eigenvalue weighted by Gasteiger charge is 2.21. The lowest BCUT2D eigenvalue weighted by Gasteiger charge is -2.23. The average Bonchev–Trinajstić information content (AvgIpc) is 2.44. The van der Waals surface area contributed by atoms with Gasteiger partial charge in [-0.2, -0.15) is 0 Å². The van der Waals surface area contributed by atoms with Crippen LogP contribution in [0.5, 0.6) is 0 Å². The van der Waals surface area contributed by atoms with Crippen LogP contribution in [-0.2, 0) is 4.79 Å². The number of unbranched alkanes of at least 4 members (excludes halogenated alkanes) is 4. The molecule has 4 heteroatoms. The summed E-state index contributed by atoms with van der Waals surface area (Å²) in [6, 6.07) is 0. The third-order valence-electron chi connectivity index (χ3n) is 5.20. The van der Waals surface area contributed by atoms with Gasteiger partial charge in [0, 0.05) is 6.61 Å². The van der Waals surface area contributed by atoms with Gasteiger partial charge in [-0.05, 0) is 42.9 Å². The maximum absolute atomic E-state index is 10.8. The fraction of sp³-hybridized carbons (Fsp3) is 0.952. The lowest BCUT2D eigenvalue weighted by Crippen LogP contribution is -2.16. The summed E-state index contributed by atoms with van der Waals surface area (Å²) in [6.45, 7) is 8.69. The zero-order chi connectivity index (χ0) is 19.3. The van der Waals surface area contributed by atoms with Crippen molar-refractivity contribution in [1.82, 2.24) is 0 Å². The Morgan fingerprint density at radius 1 is 0.800 bits per heavy atom.